The lowest BCUT2D eigenvalue weighted by Gasteiger charge is -2.49. The van der Waals surface area contributed by atoms with E-state index in [4.69, 9.17) is 21.4 Å². The fourth-order valence-electron chi connectivity index (χ4n) is 9.72. The first-order valence-electron chi connectivity index (χ1n) is 18.2. The number of amides is 4. The van der Waals surface area contributed by atoms with E-state index in [0.29, 0.717) is 25.7 Å². The zero-order valence-corrected chi connectivity index (χ0v) is 34.6. The number of thiophene rings is 1. The molecule has 4 amide bonds. The van der Waals surface area contributed by atoms with E-state index in [9.17, 15) is 29.6 Å². The van der Waals surface area contributed by atoms with Gasteiger partial charge in [0.25, 0.3) is 5.69 Å². The van der Waals surface area contributed by atoms with Crippen LogP contribution in [0.3, 0.4) is 0 Å². The maximum atomic E-state index is 15.2. The Morgan fingerprint density at radius 2 is 1.75 bits per heavy atom. The smallest absolute Gasteiger partial charge is 0.269 e. The van der Waals surface area contributed by atoms with Gasteiger partial charge in [-0.25, -0.2) is 4.90 Å². The van der Waals surface area contributed by atoms with Gasteiger partial charge in [-0.2, -0.15) is 5.10 Å². The summed E-state index contributed by atoms with van der Waals surface area (Å²) in [5.41, 5.74) is 1.65. The molecule has 2 aliphatic heterocycles. The highest BCUT2D eigenvalue weighted by atomic mass is 127. The average Bonchev–Trinajstić information content (AvgIpc) is 3.86. The number of aromatic hydroxyl groups is 1. The van der Waals surface area contributed by atoms with Gasteiger partial charge in [-0.1, -0.05) is 23.3 Å². The summed E-state index contributed by atoms with van der Waals surface area (Å²) in [7, 11) is 3.12. The Hall–Kier alpha value is -5.13. The molecule has 2 aromatic heterocycles. The van der Waals surface area contributed by atoms with Crippen molar-refractivity contribution in [3.05, 3.63) is 102 Å². The van der Waals surface area contributed by atoms with Gasteiger partial charge < -0.3 is 9.84 Å². The lowest BCUT2D eigenvalue weighted by atomic mass is 9.51. The van der Waals surface area contributed by atoms with Crippen molar-refractivity contribution < 1.29 is 33.9 Å². The zero-order valence-electron chi connectivity index (χ0n) is 30.9. The molecule has 0 radical (unpaired) electrons. The number of anilines is 2. The van der Waals surface area contributed by atoms with Crippen molar-refractivity contribution in [3.63, 3.8) is 0 Å². The number of carbonyl (C=O) groups excluding carboxylic acids is 4. The van der Waals surface area contributed by atoms with E-state index in [1.165, 1.54) is 41.0 Å². The van der Waals surface area contributed by atoms with Crippen LogP contribution in [0.2, 0.25) is 5.02 Å². The fourth-order valence-corrected chi connectivity index (χ4v) is 11.7. The van der Waals surface area contributed by atoms with Crippen LogP contribution in [-0.4, -0.2) is 50.5 Å². The molecule has 6 unspecified atom stereocenters. The number of nitro benzene ring substituents is 1. The summed E-state index contributed by atoms with van der Waals surface area (Å²) in [5, 5.41) is 28.6. The van der Waals surface area contributed by atoms with Gasteiger partial charge >= 0.3 is 0 Å². The van der Waals surface area contributed by atoms with Crippen molar-refractivity contribution in [1.29, 1.82) is 0 Å². The number of non-ortho nitro benzene ring substituents is 1. The van der Waals surface area contributed by atoms with Crippen LogP contribution in [-0.2, 0) is 26.2 Å². The van der Waals surface area contributed by atoms with E-state index in [1.807, 2.05) is 53.8 Å². The minimum atomic E-state index is -1.35. The summed E-state index contributed by atoms with van der Waals surface area (Å²) in [6.07, 6.45) is 2.28. The lowest BCUT2D eigenvalue weighted by molar-refractivity contribution is -0.384. The first-order chi connectivity index (χ1) is 27.1. The Morgan fingerprint density at radius 3 is 2.46 bits per heavy atom. The summed E-state index contributed by atoms with van der Waals surface area (Å²) in [4.78, 5) is 72.6. The molecular formula is C41H33ClIN5O8S. The van der Waals surface area contributed by atoms with Gasteiger partial charge in [0.2, 0.25) is 23.6 Å². The second-order valence-electron chi connectivity index (χ2n) is 15.2. The molecule has 4 aliphatic rings. The van der Waals surface area contributed by atoms with E-state index in [2.05, 4.69) is 0 Å². The topological polar surface area (TPSA) is 165 Å². The number of aryl methyl sites for hydroxylation is 2. The summed E-state index contributed by atoms with van der Waals surface area (Å²) in [6, 6.07) is 16.2. The van der Waals surface area contributed by atoms with Crippen LogP contribution >= 0.6 is 45.5 Å². The highest BCUT2D eigenvalue weighted by Gasteiger charge is 2.68. The minimum Gasteiger partial charge on any atom is -0.504 e. The number of fused-ring (bicyclic) bond motifs is 5. The van der Waals surface area contributed by atoms with Gasteiger partial charge in [-0.3, -0.25) is 38.9 Å². The summed E-state index contributed by atoms with van der Waals surface area (Å²) >= 11 is 9.86. The molecule has 4 heterocycles. The number of nitro groups is 1. The number of imide groups is 2. The number of benzene rings is 3. The van der Waals surface area contributed by atoms with E-state index in [0.717, 1.165) is 31.0 Å². The number of carbonyl (C=O) groups is 4. The van der Waals surface area contributed by atoms with E-state index >= 15 is 4.79 Å². The van der Waals surface area contributed by atoms with Gasteiger partial charge in [0.1, 0.15) is 11.5 Å². The number of phenolic OH excluding ortho intramolecular Hbond substituents is 1. The van der Waals surface area contributed by atoms with E-state index < -0.39 is 63.6 Å². The number of phenols is 1. The van der Waals surface area contributed by atoms with Crippen LogP contribution in [0.1, 0.15) is 36.8 Å². The highest BCUT2D eigenvalue weighted by molar-refractivity contribution is 14.1. The number of halogens is 2. The molecule has 3 fully saturated rings. The van der Waals surface area contributed by atoms with Gasteiger partial charge in [0.15, 0.2) is 11.5 Å². The maximum absolute atomic E-state index is 15.2. The maximum Gasteiger partial charge on any atom is 0.269 e. The molecule has 290 valence electrons. The number of allylic oxidation sites excluding steroid dienone is 2. The summed E-state index contributed by atoms with van der Waals surface area (Å²) < 4.78 is 8.59. The second-order valence-corrected chi connectivity index (χ2v) is 17.9. The molecule has 0 bridgehead atoms. The summed E-state index contributed by atoms with van der Waals surface area (Å²) in [6.45, 7) is 3.78. The molecule has 1 N–H and O–H groups in total. The number of ether oxygens (including phenoxy) is 1. The quantitative estimate of drug-likeness (QED) is 0.0586. The minimum absolute atomic E-state index is 0.0689. The van der Waals surface area contributed by atoms with Gasteiger partial charge in [-0.15, -0.1) is 11.3 Å². The molecule has 2 saturated heterocycles. The summed E-state index contributed by atoms with van der Waals surface area (Å²) in [5.74, 6) is -5.16. The number of nitrogens with zero attached hydrogens (tertiary/aromatic N) is 5. The number of methoxy groups -OCH3 is 1. The van der Waals surface area contributed by atoms with Crippen molar-refractivity contribution in [2.75, 3.05) is 16.9 Å². The number of aromatic nitrogens is 2. The normalized spacial score (nSPS) is 25.5. The van der Waals surface area contributed by atoms with Crippen LogP contribution in [0.25, 0.3) is 20.7 Å². The largest absolute Gasteiger partial charge is 0.504 e. The molecule has 2 aliphatic carbocycles. The third-order valence-electron chi connectivity index (χ3n) is 12.4. The van der Waals surface area contributed by atoms with Crippen LogP contribution in [0.5, 0.6) is 11.5 Å². The molecule has 5 aromatic rings. The molecule has 1 saturated carbocycles. The molecule has 9 rings (SSSR count). The first kappa shape index (κ1) is 37.4. The Balaban J connectivity index is 1.16. The van der Waals surface area contributed by atoms with Gasteiger partial charge in [0.05, 0.1) is 49.3 Å². The fraction of sp³-hybridized carbons (Fsp3) is 0.293. The Kier molecular flexibility index (Phi) is 8.68. The van der Waals surface area contributed by atoms with E-state index in [-0.39, 0.29) is 35.7 Å². The Labute approximate surface area is 348 Å². The van der Waals surface area contributed by atoms with Gasteiger partial charge in [0, 0.05) is 40.9 Å². The van der Waals surface area contributed by atoms with Crippen LogP contribution in [0.4, 0.5) is 17.2 Å². The van der Waals surface area contributed by atoms with Gasteiger partial charge in [-0.05, 0) is 114 Å². The third kappa shape index (κ3) is 5.34. The zero-order chi connectivity index (χ0) is 40.4. The third-order valence-corrected chi connectivity index (χ3v) is 14.8. The SMILES string of the molecule is COc1cc(C2C3=CCC4C(=O)N(c5ccc([N+](=O)[O-])cc5)C(=O)C4C3CC3C(=O)N(c4cc(-c5sc6ccc(Cl)cc6c5C)nn4C)C(=O)C32C)cc(I)c1O. The second kappa shape index (κ2) is 13.2. The van der Waals surface area contributed by atoms with Crippen LogP contribution in [0, 0.1) is 49.7 Å². The lowest BCUT2D eigenvalue weighted by Crippen LogP contribution is -2.49. The molecule has 6 atom stereocenters. The van der Waals surface area contributed by atoms with Crippen molar-refractivity contribution in [1.82, 2.24) is 9.78 Å². The van der Waals surface area contributed by atoms with Crippen molar-refractivity contribution in [2.45, 2.75) is 32.6 Å². The monoisotopic (exact) mass is 917 g/mol. The number of rotatable bonds is 6. The number of hydrogen-bond acceptors (Lipinski definition) is 10. The molecule has 57 heavy (non-hydrogen) atoms. The number of hydrogen-bond donors (Lipinski definition) is 1. The Bertz CT molecular complexity index is 2670. The standard InChI is InChI=1S/C41H33ClIN5O8S/c1-18-25-15-20(42)5-12-31(25)57-36(18)29-17-32(45(3)44-29)47-38(51)27-16-26-23(34(41(27,2)40(47)53)19-13-28(43)35(49)30(14-19)56-4)10-11-24-33(26)39(52)46(37(24)50)21-6-8-22(9-7-21)48(54)55/h5-10,12-15,17,24,26-27,33-34,49H,11,16H2,1-4H3. The molecule has 0 spiro atoms. The predicted molar refractivity (Wildman–Crippen MR) is 221 cm³/mol. The average molecular weight is 918 g/mol. The molecule has 16 heteroatoms. The van der Waals surface area contributed by atoms with Crippen LogP contribution < -0.4 is 14.5 Å². The molecule has 13 nitrogen and oxygen atoms in total. The van der Waals surface area contributed by atoms with Crippen molar-refractivity contribution in [2.24, 2.45) is 36.1 Å². The molecule has 3 aromatic carbocycles. The Morgan fingerprint density at radius 1 is 1.02 bits per heavy atom. The molecular weight excluding hydrogens is 885 g/mol. The van der Waals surface area contributed by atoms with E-state index in [1.54, 1.807) is 43.5 Å². The first-order valence-corrected chi connectivity index (χ1v) is 20.4. The van der Waals surface area contributed by atoms with Crippen molar-refractivity contribution in [3.8, 4) is 22.1 Å². The van der Waals surface area contributed by atoms with Crippen LogP contribution in [0.15, 0.2) is 72.3 Å². The van der Waals surface area contributed by atoms with Crippen molar-refractivity contribution >= 4 is 96.4 Å². The highest BCUT2D eigenvalue weighted by Crippen LogP contribution is 2.64. The predicted octanol–water partition coefficient (Wildman–Crippen LogP) is 7.93.